The molecule has 0 spiro atoms. The van der Waals surface area contributed by atoms with Gasteiger partial charge in [0.05, 0.1) is 6.04 Å². The molecule has 21 heavy (non-hydrogen) atoms. The molecule has 1 atom stereocenters. The molecule has 0 amide bonds. The molecule has 0 saturated heterocycles. The predicted molar refractivity (Wildman–Crippen MR) is 90.9 cm³/mol. The molecule has 108 valence electrons. The van der Waals surface area contributed by atoms with Crippen molar-refractivity contribution in [3.63, 3.8) is 0 Å². The van der Waals surface area contributed by atoms with Crippen LogP contribution in [0.25, 0.3) is 10.1 Å². The van der Waals surface area contributed by atoms with Crippen LogP contribution in [0.3, 0.4) is 0 Å². The first-order valence-corrected chi connectivity index (χ1v) is 8.24. The van der Waals surface area contributed by atoms with Gasteiger partial charge in [-0.05, 0) is 49.0 Å². The van der Waals surface area contributed by atoms with Gasteiger partial charge < -0.3 is 5.32 Å². The molecular formula is C18H20N2S. The Bertz CT molecular complexity index is 682. The van der Waals surface area contributed by atoms with E-state index in [2.05, 4.69) is 59.7 Å². The number of aromatic nitrogens is 1. The molecular weight excluding hydrogens is 276 g/mol. The van der Waals surface area contributed by atoms with Gasteiger partial charge in [0.25, 0.3) is 0 Å². The van der Waals surface area contributed by atoms with Gasteiger partial charge in [0.1, 0.15) is 0 Å². The standard InChI is InChI=1S/C18H20N2S/c1-3-10-19-18(15-9-8-13(2)20-12-15)17-11-14-6-4-5-7-16(14)21-17/h4-9,11-12,18-19H,3,10H2,1-2H3. The largest absolute Gasteiger partial charge is 0.306 e. The van der Waals surface area contributed by atoms with Crippen LogP contribution in [0.15, 0.2) is 48.7 Å². The first kappa shape index (κ1) is 14.2. The molecule has 0 aliphatic rings. The quantitative estimate of drug-likeness (QED) is 0.738. The van der Waals surface area contributed by atoms with Crippen molar-refractivity contribution in [2.45, 2.75) is 26.3 Å². The minimum absolute atomic E-state index is 0.232. The zero-order chi connectivity index (χ0) is 14.7. The van der Waals surface area contributed by atoms with Crippen molar-refractivity contribution in [3.8, 4) is 0 Å². The van der Waals surface area contributed by atoms with E-state index in [9.17, 15) is 0 Å². The first-order valence-electron chi connectivity index (χ1n) is 7.42. The zero-order valence-corrected chi connectivity index (χ0v) is 13.3. The SMILES string of the molecule is CCCNC(c1ccc(C)nc1)c1cc2ccccc2s1. The average molecular weight is 296 g/mol. The molecule has 0 bridgehead atoms. The van der Waals surface area contributed by atoms with Gasteiger partial charge >= 0.3 is 0 Å². The summed E-state index contributed by atoms with van der Waals surface area (Å²) in [6.07, 6.45) is 3.12. The summed E-state index contributed by atoms with van der Waals surface area (Å²) < 4.78 is 1.34. The van der Waals surface area contributed by atoms with Crippen molar-refractivity contribution in [2.24, 2.45) is 0 Å². The second-order valence-electron chi connectivity index (χ2n) is 5.31. The summed E-state index contributed by atoms with van der Waals surface area (Å²) >= 11 is 1.86. The summed E-state index contributed by atoms with van der Waals surface area (Å²) in [6, 6.07) is 15.4. The molecule has 3 heteroatoms. The van der Waals surface area contributed by atoms with E-state index >= 15 is 0 Å². The molecule has 0 aliphatic heterocycles. The van der Waals surface area contributed by atoms with Crippen LogP contribution in [0.2, 0.25) is 0 Å². The van der Waals surface area contributed by atoms with Crippen LogP contribution in [0.4, 0.5) is 0 Å². The molecule has 0 radical (unpaired) electrons. The maximum Gasteiger partial charge on any atom is 0.0686 e. The fraction of sp³-hybridized carbons (Fsp3) is 0.278. The van der Waals surface area contributed by atoms with Crippen LogP contribution in [-0.4, -0.2) is 11.5 Å². The Morgan fingerprint density at radius 1 is 1.19 bits per heavy atom. The van der Waals surface area contributed by atoms with Crippen LogP contribution in [0.1, 0.15) is 35.5 Å². The van der Waals surface area contributed by atoms with E-state index in [4.69, 9.17) is 0 Å². The minimum Gasteiger partial charge on any atom is -0.306 e. The Labute approximate surface area is 129 Å². The lowest BCUT2D eigenvalue weighted by atomic mass is 10.1. The number of benzene rings is 1. The number of aryl methyl sites for hydroxylation is 1. The number of hydrogen-bond donors (Lipinski definition) is 1. The van der Waals surface area contributed by atoms with Gasteiger partial charge in [0, 0.05) is 21.5 Å². The zero-order valence-electron chi connectivity index (χ0n) is 12.5. The number of thiophene rings is 1. The number of nitrogens with zero attached hydrogens (tertiary/aromatic N) is 1. The third kappa shape index (κ3) is 3.14. The van der Waals surface area contributed by atoms with Crippen LogP contribution >= 0.6 is 11.3 Å². The average Bonchev–Trinajstić information content (AvgIpc) is 2.93. The van der Waals surface area contributed by atoms with E-state index in [1.165, 1.54) is 20.5 Å². The second-order valence-corrected chi connectivity index (χ2v) is 6.42. The number of rotatable bonds is 5. The smallest absolute Gasteiger partial charge is 0.0686 e. The molecule has 3 rings (SSSR count). The van der Waals surface area contributed by atoms with E-state index in [1.54, 1.807) is 0 Å². The van der Waals surface area contributed by atoms with Gasteiger partial charge in [-0.2, -0.15) is 0 Å². The van der Waals surface area contributed by atoms with Crippen molar-refractivity contribution < 1.29 is 0 Å². The lowest BCUT2D eigenvalue weighted by Gasteiger charge is -2.17. The minimum atomic E-state index is 0.232. The number of pyridine rings is 1. The summed E-state index contributed by atoms with van der Waals surface area (Å²) in [5.41, 5.74) is 2.30. The van der Waals surface area contributed by atoms with Crippen LogP contribution in [-0.2, 0) is 0 Å². The Balaban J connectivity index is 1.99. The second kappa shape index (κ2) is 6.37. The van der Waals surface area contributed by atoms with Gasteiger partial charge in [0.15, 0.2) is 0 Å². The molecule has 0 saturated carbocycles. The van der Waals surface area contributed by atoms with Gasteiger partial charge in [0.2, 0.25) is 0 Å². The summed E-state index contributed by atoms with van der Waals surface area (Å²) in [7, 11) is 0. The molecule has 1 N–H and O–H groups in total. The molecule has 2 aromatic heterocycles. The van der Waals surface area contributed by atoms with Crippen molar-refractivity contribution in [1.82, 2.24) is 10.3 Å². The Morgan fingerprint density at radius 3 is 2.76 bits per heavy atom. The number of hydrogen-bond acceptors (Lipinski definition) is 3. The molecule has 1 unspecified atom stereocenters. The maximum absolute atomic E-state index is 4.45. The van der Waals surface area contributed by atoms with E-state index in [0.29, 0.717) is 0 Å². The fourth-order valence-corrected chi connectivity index (χ4v) is 3.63. The Kier molecular flexibility index (Phi) is 4.32. The van der Waals surface area contributed by atoms with Crippen molar-refractivity contribution in [3.05, 3.63) is 64.8 Å². The lowest BCUT2D eigenvalue weighted by Crippen LogP contribution is -2.22. The first-order chi connectivity index (χ1) is 10.3. The molecule has 1 aromatic carbocycles. The summed E-state index contributed by atoms with van der Waals surface area (Å²) in [5, 5.41) is 4.97. The number of nitrogens with one attached hydrogen (secondary N) is 1. The highest BCUT2D eigenvalue weighted by molar-refractivity contribution is 7.19. The monoisotopic (exact) mass is 296 g/mol. The molecule has 0 aliphatic carbocycles. The molecule has 0 fully saturated rings. The van der Waals surface area contributed by atoms with Crippen LogP contribution in [0, 0.1) is 6.92 Å². The van der Waals surface area contributed by atoms with Gasteiger partial charge in [-0.15, -0.1) is 11.3 Å². The highest BCUT2D eigenvalue weighted by Gasteiger charge is 2.16. The third-order valence-electron chi connectivity index (χ3n) is 3.60. The molecule has 3 aromatic rings. The molecule has 2 nitrogen and oxygen atoms in total. The van der Waals surface area contributed by atoms with Crippen LogP contribution in [0.5, 0.6) is 0 Å². The highest BCUT2D eigenvalue weighted by Crippen LogP contribution is 2.33. The maximum atomic E-state index is 4.45. The fourth-order valence-electron chi connectivity index (χ4n) is 2.47. The topological polar surface area (TPSA) is 24.9 Å². The van der Waals surface area contributed by atoms with Crippen LogP contribution < -0.4 is 5.32 Å². The Hall–Kier alpha value is -1.71. The summed E-state index contributed by atoms with van der Waals surface area (Å²) in [5.74, 6) is 0. The van der Waals surface area contributed by atoms with E-state index in [0.717, 1.165) is 18.7 Å². The van der Waals surface area contributed by atoms with E-state index in [-0.39, 0.29) is 6.04 Å². The molecule has 2 heterocycles. The van der Waals surface area contributed by atoms with Gasteiger partial charge in [-0.3, -0.25) is 4.98 Å². The normalized spacial score (nSPS) is 12.7. The van der Waals surface area contributed by atoms with E-state index in [1.807, 2.05) is 24.5 Å². The predicted octanol–water partition coefficient (Wildman–Crippen LogP) is 4.69. The van der Waals surface area contributed by atoms with Crippen molar-refractivity contribution in [1.29, 1.82) is 0 Å². The van der Waals surface area contributed by atoms with Crippen molar-refractivity contribution >= 4 is 21.4 Å². The number of fused-ring (bicyclic) bond motifs is 1. The Morgan fingerprint density at radius 2 is 2.05 bits per heavy atom. The third-order valence-corrected chi connectivity index (χ3v) is 4.78. The summed E-state index contributed by atoms with van der Waals surface area (Å²) in [6.45, 7) is 5.23. The van der Waals surface area contributed by atoms with E-state index < -0.39 is 0 Å². The highest BCUT2D eigenvalue weighted by atomic mass is 32.1. The van der Waals surface area contributed by atoms with Crippen molar-refractivity contribution in [2.75, 3.05) is 6.54 Å². The van der Waals surface area contributed by atoms with Gasteiger partial charge in [-0.1, -0.05) is 31.2 Å². The lowest BCUT2D eigenvalue weighted by molar-refractivity contribution is 0.604. The summed E-state index contributed by atoms with van der Waals surface area (Å²) in [4.78, 5) is 5.81. The van der Waals surface area contributed by atoms with Gasteiger partial charge in [-0.25, -0.2) is 0 Å².